The highest BCUT2D eigenvalue weighted by Gasteiger charge is 2.06. The highest BCUT2D eigenvalue weighted by molar-refractivity contribution is 7.80. The third kappa shape index (κ3) is 1.62. The molecular weight excluding hydrogens is 182 g/mol. The standard InChI is InChI=1S/C6H4ClN3S/c1-3-9-4(2-8)5(11)6(7)10-3/h11H,1H3. The van der Waals surface area contributed by atoms with E-state index in [-0.39, 0.29) is 10.8 Å². The van der Waals surface area contributed by atoms with Crippen LogP contribution in [0.5, 0.6) is 0 Å². The van der Waals surface area contributed by atoms with Gasteiger partial charge in [-0.05, 0) is 6.92 Å². The lowest BCUT2D eigenvalue weighted by Gasteiger charge is -1.97. The minimum atomic E-state index is 0.214. The summed E-state index contributed by atoms with van der Waals surface area (Å²) >= 11 is 9.58. The van der Waals surface area contributed by atoms with E-state index in [1.807, 2.05) is 6.07 Å². The summed E-state index contributed by atoms with van der Waals surface area (Å²) in [6, 6.07) is 1.86. The zero-order chi connectivity index (χ0) is 8.43. The van der Waals surface area contributed by atoms with Gasteiger partial charge < -0.3 is 0 Å². The van der Waals surface area contributed by atoms with Crippen LogP contribution in [0, 0.1) is 18.3 Å². The third-order valence-corrected chi connectivity index (χ3v) is 1.89. The lowest BCUT2D eigenvalue weighted by atomic mass is 10.4. The lowest BCUT2D eigenvalue weighted by molar-refractivity contribution is 0.990. The molecule has 1 rings (SSSR count). The van der Waals surface area contributed by atoms with E-state index in [1.165, 1.54) is 0 Å². The van der Waals surface area contributed by atoms with Gasteiger partial charge in [0.1, 0.15) is 17.0 Å². The topological polar surface area (TPSA) is 49.6 Å². The Morgan fingerprint density at radius 3 is 2.73 bits per heavy atom. The van der Waals surface area contributed by atoms with Gasteiger partial charge in [-0.25, -0.2) is 9.97 Å². The number of aryl methyl sites for hydroxylation is 1. The molecule has 0 radical (unpaired) electrons. The van der Waals surface area contributed by atoms with Crippen molar-refractivity contribution in [1.82, 2.24) is 9.97 Å². The van der Waals surface area contributed by atoms with E-state index in [1.54, 1.807) is 6.92 Å². The lowest BCUT2D eigenvalue weighted by Crippen LogP contribution is -1.93. The maximum atomic E-state index is 8.52. The number of nitrogens with zero attached hydrogens (tertiary/aromatic N) is 3. The number of aromatic nitrogens is 2. The molecule has 0 atom stereocenters. The molecule has 0 fully saturated rings. The molecule has 5 heteroatoms. The summed E-state index contributed by atoms with van der Waals surface area (Å²) < 4.78 is 0. The van der Waals surface area contributed by atoms with Crippen LogP contribution >= 0.6 is 24.2 Å². The first-order chi connectivity index (χ1) is 5.15. The number of hydrogen-bond acceptors (Lipinski definition) is 4. The zero-order valence-electron chi connectivity index (χ0n) is 5.67. The smallest absolute Gasteiger partial charge is 0.159 e. The fourth-order valence-electron chi connectivity index (χ4n) is 0.610. The summed E-state index contributed by atoms with van der Waals surface area (Å²) in [7, 11) is 0. The number of thiol groups is 1. The van der Waals surface area contributed by atoms with Gasteiger partial charge in [0, 0.05) is 0 Å². The summed E-state index contributed by atoms with van der Waals surface area (Å²) in [4.78, 5) is 7.96. The van der Waals surface area contributed by atoms with Crippen LogP contribution in [0.25, 0.3) is 0 Å². The van der Waals surface area contributed by atoms with Gasteiger partial charge in [-0.15, -0.1) is 12.6 Å². The number of rotatable bonds is 0. The summed E-state index contributed by atoms with van der Waals surface area (Å²) in [6.45, 7) is 1.67. The van der Waals surface area contributed by atoms with Crippen LogP contribution in [0.1, 0.15) is 11.5 Å². The maximum absolute atomic E-state index is 8.52. The monoisotopic (exact) mass is 185 g/mol. The number of nitriles is 1. The SMILES string of the molecule is Cc1nc(Cl)c(S)c(C#N)n1. The summed E-state index contributed by atoms with van der Waals surface area (Å²) in [5, 5.41) is 8.74. The van der Waals surface area contributed by atoms with E-state index < -0.39 is 0 Å². The van der Waals surface area contributed by atoms with Crippen molar-refractivity contribution >= 4 is 24.2 Å². The molecule has 56 valence electrons. The first kappa shape index (κ1) is 8.31. The molecular formula is C6H4ClN3S. The molecule has 1 aromatic rings. The number of hydrogen-bond donors (Lipinski definition) is 1. The van der Waals surface area contributed by atoms with E-state index in [4.69, 9.17) is 16.9 Å². The van der Waals surface area contributed by atoms with Crippen molar-refractivity contribution in [2.75, 3.05) is 0 Å². The second-order valence-electron chi connectivity index (χ2n) is 1.87. The Labute approximate surface area is 74.5 Å². The molecule has 0 amide bonds. The minimum Gasteiger partial charge on any atom is -0.221 e. The Hall–Kier alpha value is -0.790. The second kappa shape index (κ2) is 3.07. The molecule has 0 spiro atoms. The molecule has 3 nitrogen and oxygen atoms in total. The van der Waals surface area contributed by atoms with Crippen LogP contribution < -0.4 is 0 Å². The Kier molecular flexibility index (Phi) is 2.32. The van der Waals surface area contributed by atoms with Crippen LogP contribution in [0.4, 0.5) is 0 Å². The van der Waals surface area contributed by atoms with Crippen LogP contribution in [-0.2, 0) is 0 Å². The molecule has 0 saturated heterocycles. The highest BCUT2D eigenvalue weighted by Crippen LogP contribution is 2.19. The Balaban J connectivity index is 3.39. The van der Waals surface area contributed by atoms with Crippen molar-refractivity contribution < 1.29 is 0 Å². The van der Waals surface area contributed by atoms with Crippen LogP contribution in [0.2, 0.25) is 5.15 Å². The van der Waals surface area contributed by atoms with Crippen LogP contribution in [0.15, 0.2) is 4.90 Å². The van der Waals surface area contributed by atoms with Crippen molar-refractivity contribution in [3.05, 3.63) is 16.7 Å². The van der Waals surface area contributed by atoms with Crippen molar-refractivity contribution in [2.24, 2.45) is 0 Å². The second-order valence-corrected chi connectivity index (χ2v) is 2.68. The average molecular weight is 186 g/mol. The van der Waals surface area contributed by atoms with E-state index >= 15 is 0 Å². The third-order valence-electron chi connectivity index (χ3n) is 1.06. The van der Waals surface area contributed by atoms with E-state index in [0.717, 1.165) is 0 Å². The molecule has 0 aliphatic rings. The minimum absolute atomic E-state index is 0.214. The van der Waals surface area contributed by atoms with Crippen molar-refractivity contribution in [3.63, 3.8) is 0 Å². The predicted octanol–water partition coefficient (Wildman–Crippen LogP) is 1.60. The molecule has 0 N–H and O–H groups in total. The van der Waals surface area contributed by atoms with Crippen molar-refractivity contribution in [3.8, 4) is 6.07 Å². The first-order valence-electron chi connectivity index (χ1n) is 2.78. The maximum Gasteiger partial charge on any atom is 0.159 e. The van der Waals surface area contributed by atoms with Gasteiger partial charge in [-0.1, -0.05) is 11.6 Å². The van der Waals surface area contributed by atoms with Gasteiger partial charge >= 0.3 is 0 Å². The predicted molar refractivity (Wildman–Crippen MR) is 43.7 cm³/mol. The first-order valence-corrected chi connectivity index (χ1v) is 3.61. The van der Waals surface area contributed by atoms with Crippen LogP contribution in [0.3, 0.4) is 0 Å². The normalized spacial score (nSPS) is 9.27. The summed E-state index contributed by atoms with van der Waals surface area (Å²) in [5.74, 6) is 0.476. The van der Waals surface area contributed by atoms with Crippen molar-refractivity contribution in [2.45, 2.75) is 11.8 Å². The Morgan fingerprint density at radius 2 is 2.18 bits per heavy atom. The summed E-state index contributed by atoms with van der Waals surface area (Å²) in [5.41, 5.74) is 0.214. The molecule has 1 heterocycles. The largest absolute Gasteiger partial charge is 0.221 e. The average Bonchev–Trinajstić information content (AvgIpc) is 1.96. The molecule has 0 bridgehead atoms. The molecule has 1 aromatic heterocycles. The van der Waals surface area contributed by atoms with Gasteiger partial charge in [0.05, 0.1) is 4.90 Å². The molecule has 0 aliphatic carbocycles. The fourth-order valence-corrected chi connectivity index (χ4v) is 0.972. The molecule has 0 saturated carbocycles. The molecule has 0 aliphatic heterocycles. The van der Waals surface area contributed by atoms with Gasteiger partial charge in [-0.2, -0.15) is 5.26 Å². The van der Waals surface area contributed by atoms with Gasteiger partial charge in [0.25, 0.3) is 0 Å². The number of halogens is 1. The molecule has 11 heavy (non-hydrogen) atoms. The van der Waals surface area contributed by atoms with E-state index in [0.29, 0.717) is 10.7 Å². The Bertz CT molecular complexity index is 331. The zero-order valence-corrected chi connectivity index (χ0v) is 7.32. The highest BCUT2D eigenvalue weighted by atomic mass is 35.5. The van der Waals surface area contributed by atoms with E-state index in [9.17, 15) is 0 Å². The fraction of sp³-hybridized carbons (Fsp3) is 0.167. The van der Waals surface area contributed by atoms with Gasteiger partial charge in [-0.3, -0.25) is 0 Å². The van der Waals surface area contributed by atoms with Crippen molar-refractivity contribution in [1.29, 1.82) is 5.26 Å². The molecule has 0 aromatic carbocycles. The van der Waals surface area contributed by atoms with Crippen LogP contribution in [-0.4, -0.2) is 9.97 Å². The molecule has 0 unspecified atom stereocenters. The Morgan fingerprint density at radius 1 is 1.55 bits per heavy atom. The summed E-state index contributed by atoms with van der Waals surface area (Å²) in [6.07, 6.45) is 0. The van der Waals surface area contributed by atoms with Gasteiger partial charge in [0.2, 0.25) is 0 Å². The van der Waals surface area contributed by atoms with E-state index in [2.05, 4.69) is 22.6 Å². The quantitative estimate of drug-likeness (QED) is 0.494. The van der Waals surface area contributed by atoms with Gasteiger partial charge in [0.15, 0.2) is 5.69 Å².